The van der Waals surface area contributed by atoms with Crippen LogP contribution < -0.4 is 4.74 Å². The molecule has 1 aliphatic rings. The number of methoxy groups -OCH3 is 1. The van der Waals surface area contributed by atoms with E-state index in [0.717, 1.165) is 12.8 Å². The number of hydrogen-bond acceptors (Lipinski definition) is 5. The van der Waals surface area contributed by atoms with Crippen molar-refractivity contribution in [1.29, 1.82) is 0 Å². The highest BCUT2D eigenvalue weighted by Crippen LogP contribution is 2.42. The molecule has 1 N–H and O–H groups in total. The van der Waals surface area contributed by atoms with Gasteiger partial charge in [0.05, 0.1) is 25.0 Å². The molecule has 1 unspecified atom stereocenters. The van der Waals surface area contributed by atoms with Gasteiger partial charge in [-0.05, 0) is 32.3 Å². The van der Waals surface area contributed by atoms with Gasteiger partial charge in [-0.25, -0.2) is 4.98 Å². The molecule has 2 atom stereocenters. The van der Waals surface area contributed by atoms with Crippen LogP contribution in [-0.4, -0.2) is 46.3 Å². The minimum Gasteiger partial charge on any atom is -0.481 e. The summed E-state index contributed by atoms with van der Waals surface area (Å²) in [6.45, 7) is 3.98. The summed E-state index contributed by atoms with van der Waals surface area (Å²) in [4.78, 5) is 40.8. The highest BCUT2D eigenvalue weighted by molar-refractivity contribution is 5.89. The second kappa shape index (κ2) is 8.29. The van der Waals surface area contributed by atoms with E-state index in [0.29, 0.717) is 30.8 Å². The van der Waals surface area contributed by atoms with Crippen LogP contribution in [0.5, 0.6) is 5.88 Å². The first-order valence-electron chi connectivity index (χ1n) is 8.79. The van der Waals surface area contributed by atoms with Gasteiger partial charge in [0.25, 0.3) is 0 Å². The number of pyridine rings is 1. The minimum absolute atomic E-state index is 0.0395. The smallest absolute Gasteiger partial charge is 0.305 e. The number of nitrogens with zero attached hydrogens (tertiary/aromatic N) is 2. The number of carboxylic acid groups (broad SMARTS) is 1. The lowest BCUT2D eigenvalue weighted by molar-refractivity contribution is -0.165. The fourth-order valence-electron chi connectivity index (χ4n) is 3.38. The fraction of sp³-hybridized carbons (Fsp3) is 0.579. The summed E-state index contributed by atoms with van der Waals surface area (Å²) in [5, 5.41) is 9.24. The molecule has 142 valence electrons. The Bertz CT molecular complexity index is 673. The average molecular weight is 362 g/mol. The summed E-state index contributed by atoms with van der Waals surface area (Å²) in [5.74, 6) is -0.408. The van der Waals surface area contributed by atoms with Crippen LogP contribution in [-0.2, 0) is 14.4 Å². The van der Waals surface area contributed by atoms with Gasteiger partial charge in [-0.2, -0.15) is 0 Å². The van der Waals surface area contributed by atoms with Crippen LogP contribution in [0.3, 0.4) is 0 Å². The molecular formula is C19H26N2O5. The number of hydrogen-bond donors (Lipinski definition) is 1. The molecule has 0 aliphatic carbocycles. The van der Waals surface area contributed by atoms with Crippen molar-refractivity contribution in [2.75, 3.05) is 13.7 Å². The minimum atomic E-state index is -0.964. The topological polar surface area (TPSA) is 96.8 Å². The van der Waals surface area contributed by atoms with Gasteiger partial charge in [0, 0.05) is 25.2 Å². The largest absolute Gasteiger partial charge is 0.481 e. The quantitative estimate of drug-likeness (QED) is 0.508. The molecule has 0 bridgehead atoms. The Balaban J connectivity index is 2.04. The molecule has 1 aromatic heterocycles. The van der Waals surface area contributed by atoms with E-state index in [2.05, 4.69) is 4.98 Å². The van der Waals surface area contributed by atoms with Crippen molar-refractivity contribution in [3.05, 3.63) is 23.9 Å². The lowest BCUT2D eigenvalue weighted by atomic mass is 9.74. The van der Waals surface area contributed by atoms with Gasteiger partial charge in [-0.1, -0.05) is 12.5 Å². The Labute approximate surface area is 153 Å². The summed E-state index contributed by atoms with van der Waals surface area (Å²) >= 11 is 0. The Kier molecular flexibility index (Phi) is 6.34. The number of ether oxygens (including phenoxy) is 1. The zero-order chi connectivity index (χ0) is 19.3. The standard InChI is InChI=1S/C19H26N2O5/c1-13(22)6-4-5-9-19(2)12-21(18(19)25)15(10-17(23)24)14-7-8-16(26-3)20-11-14/h7-8,11,15H,4-6,9-10,12H2,1-3H3,(H,23,24)/t15-,19?/m0/s1. The highest BCUT2D eigenvalue weighted by Gasteiger charge is 2.50. The van der Waals surface area contributed by atoms with Crippen LogP contribution in [0, 0.1) is 5.41 Å². The molecule has 0 spiro atoms. The van der Waals surface area contributed by atoms with Crippen LogP contribution >= 0.6 is 0 Å². The van der Waals surface area contributed by atoms with Gasteiger partial charge in [-0.15, -0.1) is 0 Å². The summed E-state index contributed by atoms with van der Waals surface area (Å²) < 4.78 is 5.02. The normalized spacial score (nSPS) is 20.4. The number of rotatable bonds is 10. The summed E-state index contributed by atoms with van der Waals surface area (Å²) in [7, 11) is 1.51. The van der Waals surface area contributed by atoms with E-state index < -0.39 is 17.4 Å². The third kappa shape index (κ3) is 4.59. The van der Waals surface area contributed by atoms with Gasteiger partial charge in [0.1, 0.15) is 5.78 Å². The fourth-order valence-corrected chi connectivity index (χ4v) is 3.38. The molecule has 0 aromatic carbocycles. The number of carboxylic acids is 1. The molecule has 26 heavy (non-hydrogen) atoms. The van der Waals surface area contributed by atoms with Crippen molar-refractivity contribution in [3.63, 3.8) is 0 Å². The third-order valence-corrected chi connectivity index (χ3v) is 4.90. The van der Waals surface area contributed by atoms with Crippen molar-refractivity contribution in [1.82, 2.24) is 9.88 Å². The Morgan fingerprint density at radius 1 is 1.38 bits per heavy atom. The van der Waals surface area contributed by atoms with E-state index in [1.54, 1.807) is 30.2 Å². The van der Waals surface area contributed by atoms with Crippen LogP contribution in [0.15, 0.2) is 18.3 Å². The van der Waals surface area contributed by atoms with Gasteiger partial charge in [0.2, 0.25) is 11.8 Å². The summed E-state index contributed by atoms with van der Waals surface area (Å²) in [6, 6.07) is 2.87. The number of amides is 1. The maximum Gasteiger partial charge on any atom is 0.305 e. The Morgan fingerprint density at radius 2 is 2.12 bits per heavy atom. The number of aliphatic carboxylic acids is 1. The molecule has 1 fully saturated rings. The molecular weight excluding hydrogens is 336 g/mol. The molecule has 7 nitrogen and oxygen atoms in total. The summed E-state index contributed by atoms with van der Waals surface area (Å²) in [6.07, 6.45) is 4.22. The maximum absolute atomic E-state index is 12.8. The van der Waals surface area contributed by atoms with Crippen LogP contribution in [0.4, 0.5) is 0 Å². The monoisotopic (exact) mass is 362 g/mol. The molecule has 2 rings (SSSR count). The summed E-state index contributed by atoms with van der Waals surface area (Å²) in [5.41, 5.74) is 0.202. The Morgan fingerprint density at radius 3 is 2.62 bits per heavy atom. The second-order valence-corrected chi connectivity index (χ2v) is 7.15. The van der Waals surface area contributed by atoms with E-state index in [-0.39, 0.29) is 18.1 Å². The van der Waals surface area contributed by atoms with Gasteiger partial charge >= 0.3 is 5.97 Å². The molecule has 0 radical (unpaired) electrons. The molecule has 7 heteroatoms. The van der Waals surface area contributed by atoms with E-state index in [9.17, 15) is 19.5 Å². The SMILES string of the molecule is COc1ccc([C@H](CC(=O)O)N2CC(C)(CCCCC(C)=O)C2=O)cn1. The first-order chi connectivity index (χ1) is 12.3. The Hall–Kier alpha value is -2.44. The molecule has 1 saturated heterocycles. The maximum atomic E-state index is 12.8. The van der Waals surface area contributed by atoms with Crippen molar-refractivity contribution in [3.8, 4) is 5.88 Å². The molecule has 1 aliphatic heterocycles. The van der Waals surface area contributed by atoms with Gasteiger partial charge in [0.15, 0.2) is 0 Å². The number of Topliss-reactive ketones (excluding diaryl/α,β-unsaturated/α-hetero) is 1. The molecule has 2 heterocycles. The number of unbranched alkanes of at least 4 members (excludes halogenated alkanes) is 1. The number of aromatic nitrogens is 1. The zero-order valence-electron chi connectivity index (χ0n) is 15.5. The molecule has 1 aromatic rings. The number of likely N-dealkylation sites (tertiary alicyclic amines) is 1. The highest BCUT2D eigenvalue weighted by atomic mass is 16.5. The van der Waals surface area contributed by atoms with Crippen molar-refractivity contribution < 1.29 is 24.2 Å². The second-order valence-electron chi connectivity index (χ2n) is 7.15. The lowest BCUT2D eigenvalue weighted by Crippen LogP contribution is -2.61. The third-order valence-electron chi connectivity index (χ3n) is 4.90. The van der Waals surface area contributed by atoms with Crippen LogP contribution in [0.25, 0.3) is 0 Å². The van der Waals surface area contributed by atoms with E-state index in [4.69, 9.17) is 4.74 Å². The molecule has 0 saturated carbocycles. The van der Waals surface area contributed by atoms with E-state index >= 15 is 0 Å². The van der Waals surface area contributed by atoms with Crippen molar-refractivity contribution >= 4 is 17.7 Å². The number of carbonyl (C=O) groups is 3. The molecule has 1 amide bonds. The lowest BCUT2D eigenvalue weighted by Gasteiger charge is -2.50. The zero-order valence-corrected chi connectivity index (χ0v) is 15.5. The average Bonchev–Trinajstić information content (AvgIpc) is 2.61. The predicted molar refractivity (Wildman–Crippen MR) is 94.8 cm³/mol. The van der Waals surface area contributed by atoms with Gasteiger partial charge < -0.3 is 19.5 Å². The van der Waals surface area contributed by atoms with Crippen LogP contribution in [0.1, 0.15) is 57.6 Å². The van der Waals surface area contributed by atoms with Crippen LogP contribution in [0.2, 0.25) is 0 Å². The van der Waals surface area contributed by atoms with Crippen molar-refractivity contribution in [2.24, 2.45) is 5.41 Å². The van der Waals surface area contributed by atoms with Gasteiger partial charge in [-0.3, -0.25) is 9.59 Å². The first-order valence-corrected chi connectivity index (χ1v) is 8.79. The first kappa shape index (κ1) is 19.9. The number of ketones is 1. The number of carbonyl (C=O) groups excluding carboxylic acids is 2. The van der Waals surface area contributed by atoms with E-state index in [1.807, 2.05) is 6.92 Å². The van der Waals surface area contributed by atoms with E-state index in [1.165, 1.54) is 7.11 Å². The predicted octanol–water partition coefficient (Wildman–Crippen LogP) is 2.60. The van der Waals surface area contributed by atoms with Crippen molar-refractivity contribution in [2.45, 2.75) is 52.0 Å². The number of β-lactam (4-membered cyclic amide) rings is 1.